The first-order chi connectivity index (χ1) is 17.1. The molecule has 0 bridgehead atoms. The molecule has 14 heteroatoms. The first-order valence-corrected chi connectivity index (χ1v) is 11.0. The average molecular weight is 529 g/mol. The second-order valence-electron chi connectivity index (χ2n) is 8.47. The van der Waals surface area contributed by atoms with Gasteiger partial charge >= 0.3 is 11.9 Å². The van der Waals surface area contributed by atoms with Gasteiger partial charge in [0.05, 0.1) is 24.5 Å². The molecule has 4 unspecified atom stereocenters. The Balaban J connectivity index is 0.00000300. The summed E-state index contributed by atoms with van der Waals surface area (Å²) in [4.78, 5) is 72.5. The van der Waals surface area contributed by atoms with Crippen molar-refractivity contribution in [1.82, 2.24) is 4.90 Å². The van der Waals surface area contributed by atoms with Gasteiger partial charge in [0.25, 0.3) is 0 Å². The number of imide groups is 1. The number of halogens is 1. The average Bonchev–Trinajstić information content (AvgIpc) is 2.83. The van der Waals surface area contributed by atoms with Crippen molar-refractivity contribution in [1.29, 1.82) is 0 Å². The lowest BCUT2D eigenvalue weighted by Crippen LogP contribution is -2.71. The number of carbonyl (C=O) groups is 6. The summed E-state index contributed by atoms with van der Waals surface area (Å²) in [6, 6.07) is 0.954. The number of phenolic OH excluding ortho intramolecular Hbond substituents is 1. The number of amides is 2. The topological polar surface area (TPSA) is 244 Å². The maximum Gasteiger partial charge on any atom is 0.338 e. The van der Waals surface area contributed by atoms with E-state index >= 15 is 0 Å². The molecular weight excluding hydrogens is 495 g/mol. The number of carboxylic acids is 2. The SMILES string of the molecule is CC(N)C(=O)N(C(=O)C(N)C(C)C)C(CC(=O)O)(C(=O)O)C(=O)C(N)Cc1ccc(O)cc1.O=CCF. The number of phenols is 1. The van der Waals surface area contributed by atoms with E-state index in [1.807, 2.05) is 0 Å². The van der Waals surface area contributed by atoms with Crippen LogP contribution in [-0.2, 0) is 35.2 Å². The highest BCUT2D eigenvalue weighted by atomic mass is 19.1. The molecule has 0 saturated carbocycles. The number of alkyl halides is 1. The van der Waals surface area contributed by atoms with Crippen LogP contribution >= 0.6 is 0 Å². The van der Waals surface area contributed by atoms with Crippen molar-refractivity contribution < 1.29 is 48.5 Å². The molecule has 13 nitrogen and oxygen atoms in total. The van der Waals surface area contributed by atoms with E-state index in [0.29, 0.717) is 5.56 Å². The van der Waals surface area contributed by atoms with Crippen molar-refractivity contribution in [3.8, 4) is 5.75 Å². The predicted molar refractivity (Wildman–Crippen MR) is 128 cm³/mol. The Morgan fingerprint density at radius 2 is 1.49 bits per heavy atom. The zero-order valence-electron chi connectivity index (χ0n) is 20.7. The minimum absolute atomic E-state index is 0.0534. The van der Waals surface area contributed by atoms with Gasteiger partial charge in [0.1, 0.15) is 12.4 Å². The third kappa shape index (κ3) is 8.70. The molecule has 0 aromatic heterocycles. The third-order valence-corrected chi connectivity index (χ3v) is 5.18. The van der Waals surface area contributed by atoms with Crippen molar-refractivity contribution in [2.45, 2.75) is 57.3 Å². The molecule has 0 fully saturated rings. The molecule has 0 aliphatic rings. The molecule has 0 radical (unpaired) electrons. The van der Waals surface area contributed by atoms with Crippen LogP contribution in [0.5, 0.6) is 5.75 Å². The van der Waals surface area contributed by atoms with Crippen LogP contribution in [0.1, 0.15) is 32.8 Å². The van der Waals surface area contributed by atoms with Gasteiger partial charge in [-0.1, -0.05) is 26.0 Å². The van der Waals surface area contributed by atoms with Gasteiger partial charge < -0.3 is 37.3 Å². The van der Waals surface area contributed by atoms with E-state index in [-0.39, 0.29) is 23.4 Å². The number of aliphatic carboxylic acids is 2. The highest BCUT2D eigenvalue weighted by molar-refractivity contribution is 6.19. The number of carboxylic acid groups (broad SMARTS) is 2. The number of ketones is 1. The van der Waals surface area contributed by atoms with E-state index in [2.05, 4.69) is 0 Å². The highest BCUT2D eigenvalue weighted by Crippen LogP contribution is 2.28. The number of nitrogens with two attached hydrogens (primary N) is 3. The van der Waals surface area contributed by atoms with Crippen LogP contribution in [0.2, 0.25) is 0 Å². The molecule has 0 spiro atoms. The molecule has 4 atom stereocenters. The largest absolute Gasteiger partial charge is 0.508 e. The molecule has 1 rings (SSSR count). The number of rotatable bonds is 12. The maximum atomic E-state index is 13.4. The standard InChI is InChI=1S/C21H30N4O8.C2H3FO/c1-10(2)16(24)19(31)25(18(30)11(3)22)21(20(32)33,9-15(27)28)17(29)14(23)8-12-4-6-13(26)7-5-12;3-1-2-4/h4-7,10-11,14,16,26H,8-9,22-24H2,1-3H3,(H,27,28)(H,32,33);2H,1H2. The van der Waals surface area contributed by atoms with Crippen LogP contribution < -0.4 is 17.2 Å². The molecule has 0 aliphatic carbocycles. The predicted octanol–water partition coefficient (Wildman–Crippen LogP) is -1.03. The van der Waals surface area contributed by atoms with Gasteiger partial charge in [-0.2, -0.15) is 0 Å². The monoisotopic (exact) mass is 528 g/mol. The molecule has 9 N–H and O–H groups in total. The van der Waals surface area contributed by atoms with E-state index in [4.69, 9.17) is 22.0 Å². The fourth-order valence-corrected chi connectivity index (χ4v) is 3.18. The van der Waals surface area contributed by atoms with Crippen molar-refractivity contribution in [2.75, 3.05) is 6.67 Å². The molecule has 2 amide bonds. The summed E-state index contributed by atoms with van der Waals surface area (Å²) in [6.45, 7) is 3.34. The maximum absolute atomic E-state index is 13.4. The Labute approximate surface area is 212 Å². The van der Waals surface area contributed by atoms with Gasteiger partial charge in [0.2, 0.25) is 17.4 Å². The molecule has 0 aliphatic heterocycles. The summed E-state index contributed by atoms with van der Waals surface area (Å²) < 4.78 is 10.4. The van der Waals surface area contributed by atoms with Crippen LogP contribution in [0.3, 0.4) is 0 Å². The van der Waals surface area contributed by atoms with Gasteiger partial charge in [-0.05, 0) is 37.0 Å². The van der Waals surface area contributed by atoms with Crippen molar-refractivity contribution in [3.05, 3.63) is 29.8 Å². The molecule has 1 aromatic carbocycles. The van der Waals surface area contributed by atoms with Gasteiger partial charge in [-0.15, -0.1) is 0 Å². The minimum Gasteiger partial charge on any atom is -0.508 e. The first kappa shape index (κ1) is 33.2. The zero-order chi connectivity index (χ0) is 29.1. The fourth-order valence-electron chi connectivity index (χ4n) is 3.18. The second-order valence-corrected chi connectivity index (χ2v) is 8.47. The quantitative estimate of drug-likeness (QED) is 0.141. The Morgan fingerprint density at radius 3 is 1.84 bits per heavy atom. The van der Waals surface area contributed by atoms with Gasteiger partial charge in [-0.3, -0.25) is 24.1 Å². The summed E-state index contributed by atoms with van der Waals surface area (Å²) in [5.74, 6) is -8.41. The smallest absolute Gasteiger partial charge is 0.338 e. The van der Waals surface area contributed by atoms with Gasteiger partial charge in [0.15, 0.2) is 12.1 Å². The highest BCUT2D eigenvalue weighted by Gasteiger charge is 2.59. The molecule has 0 heterocycles. The number of Topliss-reactive ketones (excluding diaryl/α,β-unsaturated/α-hetero) is 1. The Kier molecular flexibility index (Phi) is 13.2. The third-order valence-electron chi connectivity index (χ3n) is 5.18. The number of hydrogen-bond donors (Lipinski definition) is 6. The molecule has 206 valence electrons. The number of carbonyl (C=O) groups excluding carboxylic acids is 4. The van der Waals surface area contributed by atoms with Gasteiger partial charge in [-0.25, -0.2) is 9.18 Å². The lowest BCUT2D eigenvalue weighted by atomic mass is 9.81. The van der Waals surface area contributed by atoms with E-state index in [1.165, 1.54) is 38.1 Å². The number of aldehydes is 1. The van der Waals surface area contributed by atoms with Crippen LogP contribution in [0.15, 0.2) is 24.3 Å². The lowest BCUT2D eigenvalue weighted by Gasteiger charge is -2.40. The normalized spacial score (nSPS) is 14.7. The van der Waals surface area contributed by atoms with Crippen molar-refractivity contribution in [3.63, 3.8) is 0 Å². The fraction of sp³-hybridized carbons (Fsp3) is 0.478. The minimum atomic E-state index is -3.18. The number of hydrogen-bond acceptors (Lipinski definition) is 10. The molecular formula is C23H33FN4O9. The first-order valence-electron chi connectivity index (χ1n) is 11.0. The van der Waals surface area contributed by atoms with Crippen molar-refractivity contribution >= 4 is 35.8 Å². The van der Waals surface area contributed by atoms with E-state index in [1.54, 1.807) is 0 Å². The second kappa shape index (κ2) is 14.7. The van der Waals surface area contributed by atoms with Gasteiger partial charge in [0, 0.05) is 0 Å². The Bertz CT molecular complexity index is 985. The van der Waals surface area contributed by atoms with Crippen LogP contribution in [0.25, 0.3) is 0 Å². The van der Waals surface area contributed by atoms with Crippen LogP contribution in [-0.4, -0.2) is 86.4 Å². The lowest BCUT2D eigenvalue weighted by molar-refractivity contribution is -0.175. The molecule has 1 aromatic rings. The van der Waals surface area contributed by atoms with Crippen LogP contribution in [0.4, 0.5) is 4.39 Å². The van der Waals surface area contributed by atoms with E-state index in [9.17, 15) is 43.7 Å². The Hall–Kier alpha value is -3.75. The summed E-state index contributed by atoms with van der Waals surface area (Å²) in [6.07, 6.45) is -1.50. The summed E-state index contributed by atoms with van der Waals surface area (Å²) >= 11 is 0. The summed E-state index contributed by atoms with van der Waals surface area (Å²) in [5.41, 5.74) is 14.6. The number of nitrogens with zero attached hydrogens (tertiary/aromatic N) is 1. The summed E-state index contributed by atoms with van der Waals surface area (Å²) in [7, 11) is 0. The van der Waals surface area contributed by atoms with Crippen LogP contribution in [0, 0.1) is 5.92 Å². The number of aromatic hydroxyl groups is 1. The van der Waals surface area contributed by atoms with Crippen molar-refractivity contribution in [2.24, 2.45) is 23.1 Å². The molecule has 37 heavy (non-hydrogen) atoms. The summed E-state index contributed by atoms with van der Waals surface area (Å²) in [5, 5.41) is 28.9. The zero-order valence-corrected chi connectivity index (χ0v) is 20.7. The van der Waals surface area contributed by atoms with E-state index < -0.39 is 72.2 Å². The van der Waals surface area contributed by atoms with E-state index in [0.717, 1.165) is 6.92 Å². The Morgan fingerprint density at radius 1 is 1.00 bits per heavy atom. The molecule has 0 saturated heterocycles. The number of benzene rings is 1.